The summed E-state index contributed by atoms with van der Waals surface area (Å²) >= 11 is 0. The molecule has 0 spiro atoms. The van der Waals surface area contributed by atoms with Crippen LogP contribution < -0.4 is 9.46 Å². The number of ether oxygens (including phenoxy) is 1. The van der Waals surface area contributed by atoms with E-state index >= 15 is 0 Å². The molecule has 0 saturated heterocycles. The molecular weight excluding hydrogens is 331 g/mol. The number of nitrogens with one attached hydrogen (secondary N) is 1. The Morgan fingerprint density at radius 2 is 2.00 bits per heavy atom. The van der Waals surface area contributed by atoms with Gasteiger partial charge < -0.3 is 4.74 Å². The van der Waals surface area contributed by atoms with Crippen LogP contribution in [0.15, 0.2) is 36.4 Å². The Balaban J connectivity index is 2.09. The van der Waals surface area contributed by atoms with E-state index in [1.807, 2.05) is 19.1 Å². The first kappa shape index (κ1) is 17.9. The summed E-state index contributed by atoms with van der Waals surface area (Å²) < 4.78 is 45.6. The Morgan fingerprint density at radius 1 is 1.25 bits per heavy atom. The van der Waals surface area contributed by atoms with Crippen LogP contribution in [0.1, 0.15) is 22.3 Å². The highest BCUT2D eigenvalue weighted by Gasteiger charge is 2.15. The molecule has 0 bridgehead atoms. The smallest absolute Gasteiger partial charge is 0.216 e. The van der Waals surface area contributed by atoms with Gasteiger partial charge in [-0.15, -0.1) is 0 Å². The molecule has 0 aromatic heterocycles. The van der Waals surface area contributed by atoms with Crippen LogP contribution in [0.2, 0.25) is 0 Å². The van der Waals surface area contributed by atoms with E-state index in [9.17, 15) is 12.8 Å². The first-order valence-electron chi connectivity index (χ1n) is 7.14. The molecule has 0 unspecified atom stereocenters. The second kappa shape index (κ2) is 7.43. The van der Waals surface area contributed by atoms with Gasteiger partial charge in [0.25, 0.3) is 0 Å². The molecule has 0 aliphatic carbocycles. The molecule has 24 heavy (non-hydrogen) atoms. The van der Waals surface area contributed by atoms with E-state index in [2.05, 4.69) is 4.72 Å². The summed E-state index contributed by atoms with van der Waals surface area (Å²) in [5, 5.41) is 8.82. The minimum Gasteiger partial charge on any atom is -0.496 e. The number of benzene rings is 2. The third-order valence-corrected chi connectivity index (χ3v) is 4.75. The van der Waals surface area contributed by atoms with Gasteiger partial charge in [-0.3, -0.25) is 0 Å². The zero-order valence-electron chi connectivity index (χ0n) is 13.3. The largest absolute Gasteiger partial charge is 0.496 e. The van der Waals surface area contributed by atoms with Crippen LogP contribution in [0, 0.1) is 24.1 Å². The second-order valence-electron chi connectivity index (χ2n) is 5.30. The minimum atomic E-state index is -3.74. The van der Waals surface area contributed by atoms with E-state index < -0.39 is 21.6 Å². The normalized spacial score (nSPS) is 11.1. The Hall–Kier alpha value is -2.43. The highest BCUT2D eigenvalue weighted by atomic mass is 32.2. The van der Waals surface area contributed by atoms with Crippen molar-refractivity contribution >= 4 is 10.0 Å². The lowest BCUT2D eigenvalue weighted by Crippen LogP contribution is -2.25. The van der Waals surface area contributed by atoms with Gasteiger partial charge >= 0.3 is 0 Å². The number of halogens is 1. The van der Waals surface area contributed by atoms with Crippen LogP contribution in [-0.2, 0) is 22.3 Å². The molecular formula is C17H17FN2O3S. The van der Waals surface area contributed by atoms with E-state index in [1.54, 1.807) is 19.2 Å². The summed E-state index contributed by atoms with van der Waals surface area (Å²) in [6, 6.07) is 10.8. The van der Waals surface area contributed by atoms with Gasteiger partial charge in [0.1, 0.15) is 11.6 Å². The standard InChI is InChI=1S/C17H17FN2O3S/c1-12-7-14(4-6-17(12)23-2)10-20-24(21,22)11-15-8-13(9-19)3-5-16(15)18/h3-8,20H,10-11H2,1-2H3. The molecule has 0 amide bonds. The Morgan fingerprint density at radius 3 is 2.62 bits per heavy atom. The summed E-state index contributed by atoms with van der Waals surface area (Å²) in [4.78, 5) is 0. The lowest BCUT2D eigenvalue weighted by Gasteiger charge is -2.10. The predicted octanol–water partition coefficient (Wildman–Crippen LogP) is 2.63. The van der Waals surface area contributed by atoms with Crippen molar-refractivity contribution in [3.05, 3.63) is 64.5 Å². The third-order valence-electron chi connectivity index (χ3n) is 3.48. The van der Waals surface area contributed by atoms with Crippen LogP contribution in [0.5, 0.6) is 5.75 Å². The van der Waals surface area contributed by atoms with Gasteiger partial charge in [0.05, 0.1) is 24.5 Å². The van der Waals surface area contributed by atoms with Gasteiger partial charge in [-0.1, -0.05) is 12.1 Å². The maximum atomic E-state index is 13.7. The minimum absolute atomic E-state index is 0.0348. The topological polar surface area (TPSA) is 79.2 Å². The number of rotatable bonds is 6. The second-order valence-corrected chi connectivity index (χ2v) is 7.11. The molecule has 2 aromatic rings. The lowest BCUT2D eigenvalue weighted by molar-refractivity contribution is 0.411. The fourth-order valence-corrected chi connectivity index (χ4v) is 3.37. The van der Waals surface area contributed by atoms with Gasteiger partial charge in [-0.2, -0.15) is 5.26 Å². The van der Waals surface area contributed by atoms with Crippen LogP contribution in [0.3, 0.4) is 0 Å². The fraction of sp³-hybridized carbons (Fsp3) is 0.235. The fourth-order valence-electron chi connectivity index (χ4n) is 2.25. The monoisotopic (exact) mass is 348 g/mol. The van der Waals surface area contributed by atoms with Crippen molar-refractivity contribution in [1.29, 1.82) is 5.26 Å². The molecule has 0 fully saturated rings. The van der Waals surface area contributed by atoms with Crippen molar-refractivity contribution in [1.82, 2.24) is 4.72 Å². The molecule has 0 heterocycles. The first-order chi connectivity index (χ1) is 11.3. The molecule has 7 heteroatoms. The number of methoxy groups -OCH3 is 1. The van der Waals surface area contributed by atoms with Crippen molar-refractivity contribution < 1.29 is 17.5 Å². The average molecular weight is 348 g/mol. The van der Waals surface area contributed by atoms with E-state index in [0.717, 1.165) is 22.9 Å². The maximum Gasteiger partial charge on any atom is 0.216 e. The van der Waals surface area contributed by atoms with E-state index in [0.29, 0.717) is 0 Å². The van der Waals surface area contributed by atoms with Gasteiger partial charge in [-0.05, 0) is 42.3 Å². The van der Waals surface area contributed by atoms with E-state index in [4.69, 9.17) is 10.00 Å². The van der Waals surface area contributed by atoms with Gasteiger partial charge in [0.2, 0.25) is 10.0 Å². The van der Waals surface area contributed by atoms with Crippen molar-refractivity contribution in [2.24, 2.45) is 0 Å². The summed E-state index contributed by atoms with van der Waals surface area (Å²) in [6.07, 6.45) is 0. The molecule has 0 saturated carbocycles. The molecule has 1 N–H and O–H groups in total. The lowest BCUT2D eigenvalue weighted by atomic mass is 10.1. The third kappa shape index (κ3) is 4.54. The highest BCUT2D eigenvalue weighted by molar-refractivity contribution is 7.88. The zero-order valence-corrected chi connectivity index (χ0v) is 14.2. The highest BCUT2D eigenvalue weighted by Crippen LogP contribution is 2.19. The van der Waals surface area contributed by atoms with Crippen molar-refractivity contribution in [2.45, 2.75) is 19.2 Å². The van der Waals surface area contributed by atoms with Gasteiger partial charge in [-0.25, -0.2) is 17.5 Å². The number of aryl methyl sites for hydroxylation is 1. The van der Waals surface area contributed by atoms with Crippen LogP contribution >= 0.6 is 0 Å². The Kier molecular flexibility index (Phi) is 5.54. The molecule has 5 nitrogen and oxygen atoms in total. The predicted molar refractivity (Wildman–Crippen MR) is 88.3 cm³/mol. The van der Waals surface area contributed by atoms with Crippen LogP contribution in [-0.4, -0.2) is 15.5 Å². The zero-order chi connectivity index (χ0) is 17.7. The first-order valence-corrected chi connectivity index (χ1v) is 8.79. The van der Waals surface area contributed by atoms with Crippen LogP contribution in [0.4, 0.5) is 4.39 Å². The van der Waals surface area contributed by atoms with Gasteiger partial charge in [0.15, 0.2) is 0 Å². The molecule has 0 aliphatic heterocycles. The SMILES string of the molecule is COc1ccc(CNS(=O)(=O)Cc2cc(C#N)ccc2F)cc1C. The molecule has 0 aliphatic rings. The number of nitrogens with zero attached hydrogens (tertiary/aromatic N) is 1. The molecule has 2 rings (SSSR count). The molecule has 126 valence electrons. The van der Waals surface area contributed by atoms with E-state index in [1.165, 1.54) is 12.1 Å². The van der Waals surface area contributed by atoms with Crippen LogP contribution in [0.25, 0.3) is 0 Å². The Bertz CT molecular complexity index is 889. The van der Waals surface area contributed by atoms with Crippen molar-refractivity contribution in [3.63, 3.8) is 0 Å². The summed E-state index contributed by atoms with van der Waals surface area (Å²) in [5.41, 5.74) is 1.84. The summed E-state index contributed by atoms with van der Waals surface area (Å²) in [7, 11) is -2.18. The van der Waals surface area contributed by atoms with E-state index in [-0.39, 0.29) is 17.7 Å². The number of nitriles is 1. The maximum absolute atomic E-state index is 13.7. The van der Waals surface area contributed by atoms with Crippen molar-refractivity contribution in [3.8, 4) is 11.8 Å². The van der Waals surface area contributed by atoms with Gasteiger partial charge in [0, 0.05) is 12.1 Å². The number of hydrogen-bond acceptors (Lipinski definition) is 4. The molecule has 0 radical (unpaired) electrons. The Labute approximate surface area is 140 Å². The summed E-state index contributed by atoms with van der Waals surface area (Å²) in [6.45, 7) is 1.95. The number of hydrogen-bond donors (Lipinski definition) is 1. The quantitative estimate of drug-likeness (QED) is 0.870. The number of sulfonamides is 1. The average Bonchev–Trinajstić information content (AvgIpc) is 2.55. The van der Waals surface area contributed by atoms with Crippen molar-refractivity contribution in [2.75, 3.05) is 7.11 Å². The molecule has 2 aromatic carbocycles. The summed E-state index contributed by atoms with van der Waals surface area (Å²) in [5.74, 6) is -0.458. The molecule has 0 atom stereocenters.